The second-order valence-corrected chi connectivity index (χ2v) is 7.24. The summed E-state index contributed by atoms with van der Waals surface area (Å²) in [6.07, 6.45) is 1.70. The minimum Gasteiger partial charge on any atom is -0.493 e. The first kappa shape index (κ1) is 18.4. The molecule has 26 heavy (non-hydrogen) atoms. The van der Waals surface area contributed by atoms with Gasteiger partial charge in [0.2, 0.25) is 5.13 Å². The first-order valence-electron chi connectivity index (χ1n) is 7.91. The molecule has 0 aliphatic carbocycles. The van der Waals surface area contributed by atoms with Gasteiger partial charge in [0.25, 0.3) is 0 Å². The van der Waals surface area contributed by atoms with Gasteiger partial charge in [-0.05, 0) is 36.8 Å². The van der Waals surface area contributed by atoms with E-state index in [4.69, 9.17) is 9.47 Å². The highest BCUT2D eigenvalue weighted by Gasteiger charge is 2.10. The summed E-state index contributed by atoms with van der Waals surface area (Å²) >= 11 is 4.98. The lowest BCUT2D eigenvalue weighted by molar-refractivity contribution is 0.284. The fourth-order valence-electron chi connectivity index (χ4n) is 2.29. The number of nitrogens with one attached hydrogen (secondary N) is 1. The molecule has 0 saturated heterocycles. The van der Waals surface area contributed by atoms with Gasteiger partial charge in [0, 0.05) is 15.4 Å². The predicted octanol–water partition coefficient (Wildman–Crippen LogP) is 5.25. The first-order valence-corrected chi connectivity index (χ1v) is 9.58. The van der Waals surface area contributed by atoms with Crippen LogP contribution < -0.4 is 14.9 Å². The van der Waals surface area contributed by atoms with Crippen molar-refractivity contribution in [3.8, 4) is 11.5 Å². The molecule has 0 radical (unpaired) electrons. The van der Waals surface area contributed by atoms with Gasteiger partial charge in [0.05, 0.1) is 19.0 Å². The van der Waals surface area contributed by atoms with Gasteiger partial charge >= 0.3 is 0 Å². The van der Waals surface area contributed by atoms with E-state index in [0.29, 0.717) is 18.1 Å². The lowest BCUT2D eigenvalue weighted by Crippen LogP contribution is -2.01. The maximum absolute atomic E-state index is 6.03. The molecule has 1 N–H and O–H groups in total. The number of para-hydroxylation sites is 1. The fourth-order valence-corrected chi connectivity index (χ4v) is 3.38. The van der Waals surface area contributed by atoms with Crippen molar-refractivity contribution >= 4 is 38.6 Å². The van der Waals surface area contributed by atoms with Crippen molar-refractivity contribution in [3.05, 3.63) is 69.1 Å². The van der Waals surface area contributed by atoms with Crippen LogP contribution in [-0.4, -0.2) is 18.3 Å². The molecule has 0 spiro atoms. The van der Waals surface area contributed by atoms with Gasteiger partial charge < -0.3 is 9.47 Å². The molecule has 0 fully saturated rings. The van der Waals surface area contributed by atoms with Crippen molar-refractivity contribution in [2.24, 2.45) is 5.10 Å². The Bertz CT molecular complexity index is 911. The third-order valence-corrected chi connectivity index (χ3v) is 4.84. The predicted molar refractivity (Wildman–Crippen MR) is 110 cm³/mol. The average Bonchev–Trinajstić information content (AvgIpc) is 3.05. The van der Waals surface area contributed by atoms with Crippen molar-refractivity contribution in [1.29, 1.82) is 0 Å². The number of ether oxygens (including phenoxy) is 2. The summed E-state index contributed by atoms with van der Waals surface area (Å²) in [6, 6.07) is 13.7. The van der Waals surface area contributed by atoms with Crippen molar-refractivity contribution in [1.82, 2.24) is 4.98 Å². The zero-order valence-corrected chi connectivity index (χ0v) is 16.8. The van der Waals surface area contributed by atoms with Crippen LogP contribution in [0.5, 0.6) is 11.5 Å². The topological polar surface area (TPSA) is 55.7 Å². The van der Waals surface area contributed by atoms with Gasteiger partial charge in [-0.1, -0.05) is 34.1 Å². The number of aryl methyl sites for hydroxylation is 1. The Labute approximate surface area is 164 Å². The molecule has 0 amide bonds. The molecule has 0 aliphatic rings. The molecule has 3 aromatic rings. The molecule has 0 bridgehead atoms. The summed E-state index contributed by atoms with van der Waals surface area (Å²) in [5.41, 5.74) is 5.78. The van der Waals surface area contributed by atoms with Crippen molar-refractivity contribution < 1.29 is 9.47 Å². The average molecular weight is 432 g/mol. The minimum absolute atomic E-state index is 0.430. The smallest absolute Gasteiger partial charge is 0.203 e. The van der Waals surface area contributed by atoms with E-state index < -0.39 is 0 Å². The molecule has 7 heteroatoms. The Morgan fingerprint density at radius 1 is 1.27 bits per heavy atom. The molecule has 0 aliphatic heterocycles. The van der Waals surface area contributed by atoms with E-state index in [1.807, 2.05) is 54.8 Å². The van der Waals surface area contributed by atoms with Gasteiger partial charge in [0.15, 0.2) is 11.5 Å². The summed E-state index contributed by atoms with van der Waals surface area (Å²) in [4.78, 5) is 4.32. The number of aromatic nitrogens is 1. The standard InChI is InChI=1S/C19H18BrN3O2S/c1-13-12-26-19(22-13)23-21-10-15-6-4-8-17(24-2)18(15)25-11-14-5-3-7-16(20)9-14/h3-10,12H,11H2,1-2H3,(H,22,23). The van der Waals surface area contributed by atoms with Crippen LogP contribution in [0, 0.1) is 6.92 Å². The molecule has 0 unspecified atom stereocenters. The molecule has 2 aromatic carbocycles. The first-order chi connectivity index (χ1) is 12.7. The highest BCUT2D eigenvalue weighted by atomic mass is 79.9. The fraction of sp³-hybridized carbons (Fsp3) is 0.158. The Hall–Kier alpha value is -2.38. The Balaban J connectivity index is 1.76. The maximum Gasteiger partial charge on any atom is 0.203 e. The van der Waals surface area contributed by atoms with Gasteiger partial charge in [-0.15, -0.1) is 11.3 Å². The van der Waals surface area contributed by atoms with Gasteiger partial charge in [-0.2, -0.15) is 5.10 Å². The number of rotatable bonds is 7. The Morgan fingerprint density at radius 3 is 2.85 bits per heavy atom. The number of halogens is 1. The molecule has 3 rings (SSSR count). The van der Waals surface area contributed by atoms with Crippen LogP contribution in [0.3, 0.4) is 0 Å². The minimum atomic E-state index is 0.430. The Kier molecular flexibility index (Phi) is 6.25. The highest BCUT2D eigenvalue weighted by molar-refractivity contribution is 9.10. The van der Waals surface area contributed by atoms with Gasteiger partial charge in [-0.3, -0.25) is 5.43 Å². The molecular formula is C19H18BrN3O2S. The maximum atomic E-state index is 6.03. The Morgan fingerprint density at radius 2 is 2.12 bits per heavy atom. The molecule has 0 saturated carbocycles. The van der Waals surface area contributed by atoms with E-state index in [1.165, 1.54) is 11.3 Å². The van der Waals surface area contributed by atoms with Crippen LogP contribution in [0.15, 0.2) is 57.4 Å². The molecule has 134 valence electrons. The van der Waals surface area contributed by atoms with Crippen LogP contribution >= 0.6 is 27.3 Å². The zero-order valence-electron chi connectivity index (χ0n) is 14.4. The zero-order chi connectivity index (χ0) is 18.4. The molecular weight excluding hydrogens is 414 g/mol. The van der Waals surface area contributed by atoms with Crippen LogP contribution in [0.4, 0.5) is 5.13 Å². The van der Waals surface area contributed by atoms with E-state index in [0.717, 1.165) is 26.4 Å². The molecule has 1 aromatic heterocycles. The van der Waals surface area contributed by atoms with Gasteiger partial charge in [0.1, 0.15) is 6.61 Å². The van der Waals surface area contributed by atoms with Crippen LogP contribution in [0.25, 0.3) is 0 Å². The lowest BCUT2D eigenvalue weighted by atomic mass is 10.2. The van der Waals surface area contributed by atoms with Crippen LogP contribution in [0.2, 0.25) is 0 Å². The number of benzene rings is 2. The summed E-state index contributed by atoms with van der Waals surface area (Å²) in [7, 11) is 1.62. The molecule has 0 atom stereocenters. The monoisotopic (exact) mass is 431 g/mol. The number of anilines is 1. The quantitative estimate of drug-likeness (QED) is 0.410. The summed E-state index contributed by atoms with van der Waals surface area (Å²) in [5.74, 6) is 1.31. The normalized spacial score (nSPS) is 10.9. The number of hydrogen-bond acceptors (Lipinski definition) is 6. The van der Waals surface area contributed by atoms with Crippen LogP contribution in [0.1, 0.15) is 16.8 Å². The number of nitrogens with zero attached hydrogens (tertiary/aromatic N) is 2. The number of methoxy groups -OCH3 is 1. The lowest BCUT2D eigenvalue weighted by Gasteiger charge is -2.13. The van der Waals surface area contributed by atoms with E-state index in [-0.39, 0.29) is 0 Å². The SMILES string of the molecule is COc1cccc(C=NNc2nc(C)cs2)c1OCc1cccc(Br)c1. The van der Waals surface area contributed by atoms with E-state index in [1.54, 1.807) is 13.3 Å². The van der Waals surface area contributed by atoms with E-state index >= 15 is 0 Å². The highest BCUT2D eigenvalue weighted by Crippen LogP contribution is 2.31. The van der Waals surface area contributed by atoms with Crippen molar-refractivity contribution in [3.63, 3.8) is 0 Å². The summed E-state index contributed by atoms with van der Waals surface area (Å²) < 4.78 is 12.5. The number of thiazole rings is 1. The van der Waals surface area contributed by atoms with Crippen molar-refractivity contribution in [2.75, 3.05) is 12.5 Å². The van der Waals surface area contributed by atoms with Crippen molar-refractivity contribution in [2.45, 2.75) is 13.5 Å². The van der Waals surface area contributed by atoms with Gasteiger partial charge in [-0.25, -0.2) is 4.98 Å². The van der Waals surface area contributed by atoms with E-state index in [2.05, 4.69) is 31.4 Å². The second-order valence-electron chi connectivity index (χ2n) is 5.46. The third kappa shape index (κ3) is 4.83. The van der Waals surface area contributed by atoms with E-state index in [9.17, 15) is 0 Å². The summed E-state index contributed by atoms with van der Waals surface area (Å²) in [5, 5.41) is 6.98. The summed E-state index contributed by atoms with van der Waals surface area (Å²) in [6.45, 7) is 2.38. The molecule has 5 nitrogen and oxygen atoms in total. The second kappa shape index (κ2) is 8.82. The molecule has 1 heterocycles. The number of hydrazone groups is 1. The third-order valence-electron chi connectivity index (χ3n) is 3.48. The largest absolute Gasteiger partial charge is 0.493 e. The van der Waals surface area contributed by atoms with Crippen LogP contribution in [-0.2, 0) is 6.61 Å². The number of hydrogen-bond donors (Lipinski definition) is 1.